The van der Waals surface area contributed by atoms with E-state index in [0.29, 0.717) is 13.1 Å². The number of morpholine rings is 1. The molecule has 0 bridgehead atoms. The van der Waals surface area contributed by atoms with Gasteiger partial charge in [-0.05, 0) is 34.6 Å². The molecule has 6 heteroatoms. The Bertz CT molecular complexity index is 342. The zero-order valence-corrected chi connectivity index (χ0v) is 13.1. The first kappa shape index (κ1) is 16.8. The Balaban J connectivity index is 2.28. The number of rotatable bonds is 3. The van der Waals surface area contributed by atoms with Crippen molar-refractivity contribution in [2.75, 3.05) is 19.6 Å². The van der Waals surface area contributed by atoms with Gasteiger partial charge >= 0.3 is 6.09 Å². The fourth-order valence-electron chi connectivity index (χ4n) is 2.13. The van der Waals surface area contributed by atoms with Crippen molar-refractivity contribution in [1.82, 2.24) is 10.2 Å². The highest BCUT2D eigenvalue weighted by Crippen LogP contribution is 2.11. The van der Waals surface area contributed by atoms with Gasteiger partial charge in [0.25, 0.3) is 0 Å². The summed E-state index contributed by atoms with van der Waals surface area (Å²) in [5.41, 5.74) is -0.525. The van der Waals surface area contributed by atoms with Crippen LogP contribution in [0.1, 0.15) is 41.0 Å². The maximum atomic E-state index is 12.0. The lowest BCUT2D eigenvalue weighted by Gasteiger charge is -2.35. The molecule has 116 valence electrons. The Hall–Kier alpha value is -1.30. The lowest BCUT2D eigenvalue weighted by atomic mass is 10.2. The van der Waals surface area contributed by atoms with Gasteiger partial charge in [0.2, 0.25) is 5.91 Å². The quantitative estimate of drug-likeness (QED) is 0.854. The molecule has 1 aliphatic heterocycles. The van der Waals surface area contributed by atoms with E-state index in [2.05, 4.69) is 5.32 Å². The van der Waals surface area contributed by atoms with Crippen LogP contribution in [0.15, 0.2) is 0 Å². The standard InChI is InChI=1S/C14H26N2O4/c1-10-8-16(9-11(2)19-10)12(17)6-7-15-13(18)20-14(3,4)5/h10-11H,6-9H2,1-5H3,(H,15,18)/t10-,11+. The number of ether oxygens (including phenoxy) is 2. The molecule has 1 rings (SSSR count). The predicted octanol–water partition coefficient (Wildman–Crippen LogP) is 1.54. The summed E-state index contributed by atoms with van der Waals surface area (Å²) in [7, 11) is 0. The lowest BCUT2D eigenvalue weighted by molar-refractivity contribution is -0.143. The average molecular weight is 286 g/mol. The molecule has 0 spiro atoms. The number of carbonyl (C=O) groups excluding carboxylic acids is 2. The minimum Gasteiger partial charge on any atom is -0.444 e. The van der Waals surface area contributed by atoms with Crippen LogP contribution in [0.5, 0.6) is 0 Å². The molecule has 20 heavy (non-hydrogen) atoms. The average Bonchev–Trinajstić information content (AvgIpc) is 2.24. The van der Waals surface area contributed by atoms with Crippen molar-refractivity contribution >= 4 is 12.0 Å². The van der Waals surface area contributed by atoms with E-state index >= 15 is 0 Å². The zero-order valence-electron chi connectivity index (χ0n) is 13.1. The van der Waals surface area contributed by atoms with Gasteiger partial charge in [-0.2, -0.15) is 0 Å². The van der Waals surface area contributed by atoms with Crippen molar-refractivity contribution in [3.63, 3.8) is 0 Å². The number of alkyl carbamates (subject to hydrolysis) is 1. The number of hydrogen-bond acceptors (Lipinski definition) is 4. The summed E-state index contributed by atoms with van der Waals surface area (Å²) in [5, 5.41) is 2.59. The number of hydrogen-bond donors (Lipinski definition) is 1. The van der Waals surface area contributed by atoms with E-state index in [0.717, 1.165) is 0 Å². The molecule has 0 radical (unpaired) electrons. The summed E-state index contributed by atoms with van der Waals surface area (Å²) in [6, 6.07) is 0. The SMILES string of the molecule is C[C@@H]1CN(C(=O)CCNC(=O)OC(C)(C)C)C[C@H](C)O1. The van der Waals surface area contributed by atoms with Crippen LogP contribution in [-0.2, 0) is 14.3 Å². The van der Waals surface area contributed by atoms with Crippen molar-refractivity contribution in [2.24, 2.45) is 0 Å². The van der Waals surface area contributed by atoms with Crippen LogP contribution in [-0.4, -0.2) is 54.3 Å². The van der Waals surface area contributed by atoms with Gasteiger partial charge in [0, 0.05) is 26.1 Å². The van der Waals surface area contributed by atoms with Gasteiger partial charge in [-0.25, -0.2) is 4.79 Å². The Morgan fingerprint density at radius 1 is 1.25 bits per heavy atom. The van der Waals surface area contributed by atoms with Gasteiger partial charge < -0.3 is 19.7 Å². The number of carbonyl (C=O) groups is 2. The van der Waals surface area contributed by atoms with Crippen molar-refractivity contribution in [3.05, 3.63) is 0 Å². The van der Waals surface area contributed by atoms with E-state index < -0.39 is 11.7 Å². The van der Waals surface area contributed by atoms with Crippen LogP contribution in [0.4, 0.5) is 4.79 Å². The van der Waals surface area contributed by atoms with E-state index in [1.807, 2.05) is 13.8 Å². The molecule has 0 saturated carbocycles. The molecular weight excluding hydrogens is 260 g/mol. The fourth-order valence-corrected chi connectivity index (χ4v) is 2.13. The Morgan fingerprint density at radius 2 is 1.80 bits per heavy atom. The lowest BCUT2D eigenvalue weighted by Crippen LogP contribution is -2.48. The van der Waals surface area contributed by atoms with Crippen LogP contribution in [0, 0.1) is 0 Å². The van der Waals surface area contributed by atoms with Crippen LogP contribution in [0.3, 0.4) is 0 Å². The summed E-state index contributed by atoms with van der Waals surface area (Å²) in [6.07, 6.45) is -0.101. The second kappa shape index (κ2) is 6.92. The van der Waals surface area contributed by atoms with Crippen LogP contribution < -0.4 is 5.32 Å². The van der Waals surface area contributed by atoms with Crippen LogP contribution in [0.2, 0.25) is 0 Å². The van der Waals surface area contributed by atoms with Gasteiger partial charge in [0.05, 0.1) is 12.2 Å². The summed E-state index contributed by atoms with van der Waals surface area (Å²) < 4.78 is 10.7. The zero-order chi connectivity index (χ0) is 15.3. The number of amides is 2. The van der Waals surface area contributed by atoms with Gasteiger partial charge in [0.15, 0.2) is 0 Å². The molecule has 1 fully saturated rings. The third-order valence-corrected chi connectivity index (χ3v) is 2.78. The molecule has 1 heterocycles. The van der Waals surface area contributed by atoms with Crippen LogP contribution in [0.25, 0.3) is 0 Å². The summed E-state index contributed by atoms with van der Waals surface area (Å²) in [6.45, 7) is 10.8. The maximum absolute atomic E-state index is 12.0. The van der Waals surface area contributed by atoms with Gasteiger partial charge in [0.1, 0.15) is 5.60 Å². The molecule has 6 nitrogen and oxygen atoms in total. The highest BCUT2D eigenvalue weighted by atomic mass is 16.6. The molecule has 1 N–H and O–H groups in total. The highest BCUT2D eigenvalue weighted by Gasteiger charge is 2.25. The second-order valence-electron chi connectivity index (χ2n) is 6.23. The third kappa shape index (κ3) is 6.23. The van der Waals surface area contributed by atoms with Crippen molar-refractivity contribution in [3.8, 4) is 0 Å². The first-order valence-electron chi connectivity index (χ1n) is 7.07. The Morgan fingerprint density at radius 3 is 2.30 bits per heavy atom. The monoisotopic (exact) mass is 286 g/mol. The number of nitrogens with zero attached hydrogens (tertiary/aromatic N) is 1. The molecule has 1 saturated heterocycles. The molecule has 1 aliphatic rings. The normalized spacial score (nSPS) is 23.4. The Kier molecular flexibility index (Phi) is 5.80. The van der Waals surface area contributed by atoms with Gasteiger partial charge in [-0.15, -0.1) is 0 Å². The maximum Gasteiger partial charge on any atom is 0.407 e. The third-order valence-electron chi connectivity index (χ3n) is 2.78. The number of nitrogens with one attached hydrogen (secondary N) is 1. The summed E-state index contributed by atoms with van der Waals surface area (Å²) >= 11 is 0. The van der Waals surface area contributed by atoms with Crippen molar-refractivity contribution < 1.29 is 19.1 Å². The molecule has 2 atom stereocenters. The van der Waals surface area contributed by atoms with Gasteiger partial charge in [-0.1, -0.05) is 0 Å². The van der Waals surface area contributed by atoms with Crippen molar-refractivity contribution in [2.45, 2.75) is 58.8 Å². The Labute approximate surface area is 120 Å². The first-order valence-corrected chi connectivity index (χ1v) is 7.07. The largest absolute Gasteiger partial charge is 0.444 e. The second-order valence-corrected chi connectivity index (χ2v) is 6.23. The predicted molar refractivity (Wildman–Crippen MR) is 75.4 cm³/mol. The molecule has 0 aliphatic carbocycles. The van der Waals surface area contributed by atoms with Crippen molar-refractivity contribution in [1.29, 1.82) is 0 Å². The smallest absolute Gasteiger partial charge is 0.407 e. The molecule has 0 aromatic rings. The molecule has 0 aromatic heterocycles. The minimum atomic E-state index is -0.525. The van der Waals surface area contributed by atoms with E-state index in [1.165, 1.54) is 0 Å². The van der Waals surface area contributed by atoms with E-state index in [-0.39, 0.29) is 31.1 Å². The summed E-state index contributed by atoms with van der Waals surface area (Å²) in [4.78, 5) is 25.3. The van der Waals surface area contributed by atoms with Gasteiger partial charge in [-0.3, -0.25) is 4.79 Å². The highest BCUT2D eigenvalue weighted by molar-refractivity contribution is 5.77. The molecule has 2 amide bonds. The van der Waals surface area contributed by atoms with E-state index in [9.17, 15) is 9.59 Å². The van der Waals surface area contributed by atoms with E-state index in [1.54, 1.807) is 25.7 Å². The summed E-state index contributed by atoms with van der Waals surface area (Å²) in [5.74, 6) is 0.0306. The van der Waals surface area contributed by atoms with Crippen LogP contribution >= 0.6 is 0 Å². The first-order chi connectivity index (χ1) is 9.17. The molecule has 0 unspecified atom stereocenters. The molecule has 0 aromatic carbocycles. The molecular formula is C14H26N2O4. The van der Waals surface area contributed by atoms with E-state index in [4.69, 9.17) is 9.47 Å². The topological polar surface area (TPSA) is 67.9 Å². The minimum absolute atomic E-state index is 0.0306. The fraction of sp³-hybridized carbons (Fsp3) is 0.857.